The SMILES string of the molecule is C(=C\c1cn(-c2ccccc2)c2ccccc12)/c1ccsc1. The Bertz CT molecular complexity index is 915. The van der Waals surface area contributed by atoms with Crippen LogP contribution in [-0.2, 0) is 0 Å². The highest BCUT2D eigenvalue weighted by Gasteiger charge is 2.07. The third kappa shape index (κ3) is 2.38. The van der Waals surface area contributed by atoms with Crippen molar-refractivity contribution in [2.24, 2.45) is 0 Å². The van der Waals surface area contributed by atoms with Crippen LogP contribution in [0.3, 0.4) is 0 Å². The topological polar surface area (TPSA) is 4.93 Å². The fraction of sp³-hybridized carbons (Fsp3) is 0. The van der Waals surface area contributed by atoms with Crippen molar-refractivity contribution in [3.8, 4) is 5.69 Å². The van der Waals surface area contributed by atoms with Gasteiger partial charge < -0.3 is 4.57 Å². The Morgan fingerprint density at radius 3 is 2.45 bits per heavy atom. The van der Waals surface area contributed by atoms with Crippen LogP contribution in [-0.4, -0.2) is 4.57 Å². The van der Waals surface area contributed by atoms with E-state index in [-0.39, 0.29) is 0 Å². The van der Waals surface area contributed by atoms with Gasteiger partial charge in [0.2, 0.25) is 0 Å². The van der Waals surface area contributed by atoms with Gasteiger partial charge in [0.05, 0.1) is 5.52 Å². The van der Waals surface area contributed by atoms with E-state index in [1.165, 1.54) is 27.7 Å². The molecule has 0 spiro atoms. The zero-order valence-electron chi connectivity index (χ0n) is 12.0. The molecular formula is C20H15NS. The van der Waals surface area contributed by atoms with E-state index >= 15 is 0 Å². The van der Waals surface area contributed by atoms with Gasteiger partial charge in [-0.15, -0.1) is 0 Å². The maximum absolute atomic E-state index is 2.25. The third-order valence-corrected chi connectivity index (χ3v) is 4.48. The second kappa shape index (κ2) is 5.66. The van der Waals surface area contributed by atoms with Crippen molar-refractivity contribution in [1.29, 1.82) is 0 Å². The molecule has 2 heteroatoms. The van der Waals surface area contributed by atoms with Gasteiger partial charge in [-0.05, 0) is 40.6 Å². The van der Waals surface area contributed by atoms with Gasteiger partial charge in [-0.1, -0.05) is 48.6 Å². The molecule has 0 amide bonds. The normalized spacial score (nSPS) is 11.5. The summed E-state index contributed by atoms with van der Waals surface area (Å²) < 4.78 is 2.25. The Morgan fingerprint density at radius 2 is 1.64 bits per heavy atom. The lowest BCUT2D eigenvalue weighted by molar-refractivity contribution is 1.13. The van der Waals surface area contributed by atoms with Crippen LogP contribution in [0, 0.1) is 0 Å². The van der Waals surface area contributed by atoms with Crippen molar-refractivity contribution in [2.45, 2.75) is 0 Å². The number of thiophene rings is 1. The molecule has 4 rings (SSSR count). The van der Waals surface area contributed by atoms with Crippen LogP contribution >= 0.6 is 11.3 Å². The number of aromatic nitrogens is 1. The van der Waals surface area contributed by atoms with E-state index in [1.54, 1.807) is 11.3 Å². The minimum Gasteiger partial charge on any atom is -0.316 e. The molecule has 0 aliphatic rings. The van der Waals surface area contributed by atoms with Crippen molar-refractivity contribution in [3.63, 3.8) is 0 Å². The van der Waals surface area contributed by atoms with E-state index < -0.39 is 0 Å². The predicted octanol–water partition coefficient (Wildman–Crippen LogP) is 5.86. The van der Waals surface area contributed by atoms with Crippen LogP contribution in [0.15, 0.2) is 77.6 Å². The Morgan fingerprint density at radius 1 is 0.818 bits per heavy atom. The fourth-order valence-electron chi connectivity index (χ4n) is 2.70. The summed E-state index contributed by atoms with van der Waals surface area (Å²) in [6.45, 7) is 0. The highest BCUT2D eigenvalue weighted by molar-refractivity contribution is 7.08. The van der Waals surface area contributed by atoms with Crippen molar-refractivity contribution in [2.75, 3.05) is 0 Å². The van der Waals surface area contributed by atoms with E-state index in [1.807, 2.05) is 6.07 Å². The minimum absolute atomic E-state index is 1.19. The van der Waals surface area contributed by atoms with Crippen LogP contribution in [0.5, 0.6) is 0 Å². The molecule has 0 atom stereocenters. The summed E-state index contributed by atoms with van der Waals surface area (Å²) in [5.41, 5.74) is 4.92. The van der Waals surface area contributed by atoms with Crippen molar-refractivity contribution in [3.05, 3.63) is 88.7 Å². The predicted molar refractivity (Wildman–Crippen MR) is 96.5 cm³/mol. The van der Waals surface area contributed by atoms with E-state index in [2.05, 4.69) is 88.3 Å². The fourth-order valence-corrected chi connectivity index (χ4v) is 3.33. The van der Waals surface area contributed by atoms with Gasteiger partial charge in [0.25, 0.3) is 0 Å². The highest BCUT2D eigenvalue weighted by atomic mass is 32.1. The Hall–Kier alpha value is -2.58. The molecule has 2 aromatic carbocycles. The first kappa shape index (κ1) is 13.1. The van der Waals surface area contributed by atoms with Gasteiger partial charge in [0.1, 0.15) is 0 Å². The molecule has 0 bridgehead atoms. The molecule has 1 nitrogen and oxygen atoms in total. The van der Waals surface area contributed by atoms with E-state index in [4.69, 9.17) is 0 Å². The first-order chi connectivity index (χ1) is 10.9. The van der Waals surface area contributed by atoms with Crippen LogP contribution < -0.4 is 0 Å². The molecule has 0 saturated carbocycles. The van der Waals surface area contributed by atoms with Gasteiger partial charge in [0, 0.05) is 22.8 Å². The molecule has 4 aromatic rings. The third-order valence-electron chi connectivity index (χ3n) is 3.78. The van der Waals surface area contributed by atoms with E-state index in [9.17, 15) is 0 Å². The maximum atomic E-state index is 2.25. The minimum atomic E-state index is 1.19. The smallest absolute Gasteiger partial charge is 0.0534 e. The molecule has 0 aliphatic heterocycles. The van der Waals surface area contributed by atoms with Crippen LogP contribution in [0.25, 0.3) is 28.7 Å². The first-order valence-electron chi connectivity index (χ1n) is 7.27. The number of nitrogens with zero attached hydrogens (tertiary/aromatic N) is 1. The summed E-state index contributed by atoms with van der Waals surface area (Å²) in [5, 5.41) is 5.54. The largest absolute Gasteiger partial charge is 0.316 e. The average molecular weight is 301 g/mol. The molecule has 0 fully saturated rings. The Labute approximate surface area is 133 Å². The summed E-state index contributed by atoms with van der Waals surface area (Å²) in [5.74, 6) is 0. The Balaban J connectivity index is 1.86. The molecule has 2 aromatic heterocycles. The average Bonchev–Trinajstić information content (AvgIpc) is 3.22. The highest BCUT2D eigenvalue weighted by Crippen LogP contribution is 2.26. The monoisotopic (exact) mass is 301 g/mol. The lowest BCUT2D eigenvalue weighted by Crippen LogP contribution is -1.90. The van der Waals surface area contributed by atoms with Crippen molar-refractivity contribution in [1.82, 2.24) is 4.57 Å². The second-order valence-corrected chi connectivity index (χ2v) is 5.98. The molecule has 2 heterocycles. The summed E-state index contributed by atoms with van der Waals surface area (Å²) in [6.07, 6.45) is 6.58. The van der Waals surface area contributed by atoms with E-state index in [0.29, 0.717) is 0 Å². The molecule has 22 heavy (non-hydrogen) atoms. The second-order valence-electron chi connectivity index (χ2n) is 5.20. The van der Waals surface area contributed by atoms with Gasteiger partial charge >= 0.3 is 0 Å². The van der Waals surface area contributed by atoms with Gasteiger partial charge in [-0.25, -0.2) is 0 Å². The maximum Gasteiger partial charge on any atom is 0.0534 e. The molecule has 0 unspecified atom stereocenters. The van der Waals surface area contributed by atoms with Crippen molar-refractivity contribution >= 4 is 34.4 Å². The summed E-state index contributed by atoms with van der Waals surface area (Å²) in [6, 6.07) is 21.2. The number of benzene rings is 2. The van der Waals surface area contributed by atoms with Crippen LogP contribution in [0.4, 0.5) is 0 Å². The molecule has 0 saturated heterocycles. The van der Waals surface area contributed by atoms with Gasteiger partial charge in [-0.2, -0.15) is 11.3 Å². The standard InChI is InChI=1S/C20H15NS/c1-2-6-18(7-3-1)21-14-17(11-10-16-12-13-22-15-16)19-8-4-5-9-20(19)21/h1-15H/b11-10+. The molecule has 106 valence electrons. The number of hydrogen-bond acceptors (Lipinski definition) is 1. The number of fused-ring (bicyclic) bond motifs is 1. The number of para-hydroxylation sites is 2. The van der Waals surface area contributed by atoms with Gasteiger partial charge in [0.15, 0.2) is 0 Å². The van der Waals surface area contributed by atoms with Crippen molar-refractivity contribution < 1.29 is 0 Å². The number of hydrogen-bond donors (Lipinski definition) is 0. The first-order valence-corrected chi connectivity index (χ1v) is 8.22. The summed E-state index contributed by atoms with van der Waals surface area (Å²) >= 11 is 1.72. The molecule has 0 radical (unpaired) electrons. The molecule has 0 N–H and O–H groups in total. The molecular weight excluding hydrogens is 286 g/mol. The Kier molecular flexibility index (Phi) is 3.37. The molecule has 0 aliphatic carbocycles. The van der Waals surface area contributed by atoms with Gasteiger partial charge in [-0.3, -0.25) is 0 Å². The van der Waals surface area contributed by atoms with Crippen LogP contribution in [0.2, 0.25) is 0 Å². The zero-order valence-corrected chi connectivity index (χ0v) is 12.8. The lowest BCUT2D eigenvalue weighted by atomic mass is 10.1. The van der Waals surface area contributed by atoms with E-state index in [0.717, 1.165) is 0 Å². The zero-order chi connectivity index (χ0) is 14.8. The number of rotatable bonds is 3. The lowest BCUT2D eigenvalue weighted by Gasteiger charge is -2.04. The quantitative estimate of drug-likeness (QED) is 0.446. The summed E-state index contributed by atoms with van der Waals surface area (Å²) in [7, 11) is 0. The summed E-state index contributed by atoms with van der Waals surface area (Å²) in [4.78, 5) is 0. The van der Waals surface area contributed by atoms with Crippen LogP contribution in [0.1, 0.15) is 11.1 Å².